The minimum absolute atomic E-state index is 0.0568. The zero-order chi connectivity index (χ0) is 15.3. The molecule has 0 spiro atoms. The van der Waals surface area contributed by atoms with Gasteiger partial charge in [-0.2, -0.15) is 11.8 Å². The summed E-state index contributed by atoms with van der Waals surface area (Å²) >= 11 is 4.65. The highest BCUT2D eigenvalue weighted by Crippen LogP contribution is 2.23. The first-order chi connectivity index (χ1) is 9.40. The molecule has 1 amide bonds. The molecule has 0 saturated carbocycles. The minimum atomic E-state index is -0.551. The highest BCUT2D eigenvalue weighted by molar-refractivity contribution is 9.10. The van der Waals surface area contributed by atoms with E-state index in [1.807, 2.05) is 6.26 Å². The SMILES string of the molecule is CSC(CO)C(C)NC(=O)c1cc([N+](=O)[O-])ccc1Br. The van der Waals surface area contributed by atoms with Crippen molar-refractivity contribution >= 4 is 39.3 Å². The van der Waals surface area contributed by atoms with Gasteiger partial charge in [0, 0.05) is 27.9 Å². The predicted octanol–water partition coefficient (Wildman–Crippen LogP) is 2.20. The molecule has 110 valence electrons. The summed E-state index contributed by atoms with van der Waals surface area (Å²) in [4.78, 5) is 22.3. The summed E-state index contributed by atoms with van der Waals surface area (Å²) in [5.74, 6) is -0.416. The Morgan fingerprint density at radius 2 is 2.25 bits per heavy atom. The highest BCUT2D eigenvalue weighted by atomic mass is 79.9. The average Bonchev–Trinajstić information content (AvgIpc) is 2.40. The number of rotatable bonds is 6. The molecular weight excluding hydrogens is 348 g/mol. The Bertz CT molecular complexity index is 508. The fourth-order valence-electron chi connectivity index (χ4n) is 1.62. The third-order valence-electron chi connectivity index (χ3n) is 2.80. The minimum Gasteiger partial charge on any atom is -0.395 e. The summed E-state index contributed by atoms with van der Waals surface area (Å²) in [5.41, 5.74) is 0.0541. The van der Waals surface area contributed by atoms with Gasteiger partial charge in [0.15, 0.2) is 0 Å². The van der Waals surface area contributed by atoms with E-state index in [0.717, 1.165) is 0 Å². The quantitative estimate of drug-likeness (QED) is 0.597. The standard InChI is InChI=1S/C12H15BrN2O4S/c1-7(11(6-16)20-2)14-12(17)9-5-8(15(18)19)3-4-10(9)13/h3-5,7,11,16H,6H2,1-2H3,(H,14,17). The lowest BCUT2D eigenvalue weighted by atomic mass is 10.1. The van der Waals surface area contributed by atoms with Gasteiger partial charge in [0.25, 0.3) is 11.6 Å². The van der Waals surface area contributed by atoms with Crippen molar-refractivity contribution < 1.29 is 14.8 Å². The second kappa shape index (κ2) is 7.61. The van der Waals surface area contributed by atoms with E-state index in [1.54, 1.807) is 6.92 Å². The maximum atomic E-state index is 12.1. The van der Waals surface area contributed by atoms with Crippen molar-refractivity contribution in [2.24, 2.45) is 0 Å². The number of nitrogens with zero attached hydrogens (tertiary/aromatic N) is 1. The Labute approximate surface area is 129 Å². The van der Waals surface area contributed by atoms with Gasteiger partial charge in [-0.15, -0.1) is 0 Å². The topological polar surface area (TPSA) is 92.5 Å². The number of nitro groups is 1. The lowest BCUT2D eigenvalue weighted by Gasteiger charge is -2.21. The molecule has 20 heavy (non-hydrogen) atoms. The number of benzene rings is 1. The number of carbonyl (C=O) groups is 1. The summed E-state index contributed by atoms with van der Waals surface area (Å²) in [6.07, 6.45) is 1.84. The Morgan fingerprint density at radius 3 is 2.75 bits per heavy atom. The van der Waals surface area contributed by atoms with Gasteiger partial charge in [-0.05, 0) is 35.2 Å². The molecule has 1 rings (SSSR count). The molecular formula is C12H15BrN2O4S. The van der Waals surface area contributed by atoms with Crippen LogP contribution in [0.5, 0.6) is 0 Å². The van der Waals surface area contributed by atoms with E-state index in [1.165, 1.54) is 30.0 Å². The number of non-ortho nitro benzene ring substituents is 1. The lowest BCUT2D eigenvalue weighted by Crippen LogP contribution is -2.41. The smallest absolute Gasteiger partial charge is 0.270 e. The van der Waals surface area contributed by atoms with Crippen molar-refractivity contribution in [1.82, 2.24) is 5.32 Å². The molecule has 0 fully saturated rings. The normalized spacial score (nSPS) is 13.6. The maximum Gasteiger partial charge on any atom is 0.270 e. The van der Waals surface area contributed by atoms with Gasteiger partial charge in [-0.1, -0.05) is 0 Å². The van der Waals surface area contributed by atoms with Crippen LogP contribution in [-0.2, 0) is 0 Å². The third kappa shape index (κ3) is 4.19. The van der Waals surface area contributed by atoms with Gasteiger partial charge in [0.1, 0.15) is 0 Å². The van der Waals surface area contributed by atoms with Crippen LogP contribution in [0.25, 0.3) is 0 Å². The van der Waals surface area contributed by atoms with E-state index < -0.39 is 10.8 Å². The Kier molecular flexibility index (Phi) is 6.44. The first-order valence-electron chi connectivity index (χ1n) is 5.79. The first kappa shape index (κ1) is 16.9. The number of nitrogens with one attached hydrogen (secondary N) is 1. The summed E-state index contributed by atoms with van der Waals surface area (Å²) in [5, 5.41) is 22.5. The molecule has 2 N–H and O–H groups in total. The number of halogens is 1. The second-order valence-electron chi connectivity index (χ2n) is 4.14. The van der Waals surface area contributed by atoms with Crippen LogP contribution in [0.1, 0.15) is 17.3 Å². The number of carbonyl (C=O) groups excluding carboxylic acids is 1. The molecule has 2 atom stereocenters. The van der Waals surface area contributed by atoms with Crippen LogP contribution in [0.15, 0.2) is 22.7 Å². The van der Waals surface area contributed by atoms with E-state index in [0.29, 0.717) is 4.47 Å². The van der Waals surface area contributed by atoms with E-state index in [9.17, 15) is 20.0 Å². The zero-order valence-electron chi connectivity index (χ0n) is 11.0. The van der Waals surface area contributed by atoms with E-state index in [4.69, 9.17) is 0 Å². The van der Waals surface area contributed by atoms with Crippen molar-refractivity contribution in [2.75, 3.05) is 12.9 Å². The van der Waals surface area contributed by atoms with E-state index in [2.05, 4.69) is 21.2 Å². The molecule has 1 aromatic carbocycles. The molecule has 1 aromatic rings. The van der Waals surface area contributed by atoms with Crippen molar-refractivity contribution in [2.45, 2.75) is 18.2 Å². The van der Waals surface area contributed by atoms with Gasteiger partial charge < -0.3 is 10.4 Å². The molecule has 2 unspecified atom stereocenters. The van der Waals surface area contributed by atoms with Gasteiger partial charge in [0.2, 0.25) is 0 Å². The van der Waals surface area contributed by atoms with Crippen molar-refractivity contribution in [3.8, 4) is 0 Å². The van der Waals surface area contributed by atoms with Gasteiger partial charge >= 0.3 is 0 Å². The number of hydrogen-bond donors (Lipinski definition) is 2. The summed E-state index contributed by atoms with van der Waals surface area (Å²) in [6, 6.07) is 3.76. The monoisotopic (exact) mass is 362 g/mol. The molecule has 0 bridgehead atoms. The number of amides is 1. The summed E-state index contributed by atoms with van der Waals surface area (Å²) in [6.45, 7) is 1.72. The van der Waals surface area contributed by atoms with Crippen LogP contribution >= 0.6 is 27.7 Å². The van der Waals surface area contributed by atoms with Crippen LogP contribution in [0.2, 0.25) is 0 Å². The highest BCUT2D eigenvalue weighted by Gasteiger charge is 2.21. The van der Waals surface area contributed by atoms with Crippen LogP contribution in [0.4, 0.5) is 5.69 Å². The average molecular weight is 363 g/mol. The summed E-state index contributed by atoms with van der Waals surface area (Å²) in [7, 11) is 0. The van der Waals surface area contributed by atoms with Crippen molar-refractivity contribution in [3.63, 3.8) is 0 Å². The number of thioether (sulfide) groups is 1. The molecule has 0 heterocycles. The van der Waals surface area contributed by atoms with Crippen molar-refractivity contribution in [3.05, 3.63) is 38.3 Å². The van der Waals surface area contributed by atoms with Crippen LogP contribution in [0.3, 0.4) is 0 Å². The first-order valence-corrected chi connectivity index (χ1v) is 7.87. The molecule has 6 nitrogen and oxygen atoms in total. The van der Waals surface area contributed by atoms with Crippen LogP contribution < -0.4 is 5.32 Å². The lowest BCUT2D eigenvalue weighted by molar-refractivity contribution is -0.384. The molecule has 8 heteroatoms. The molecule has 0 aliphatic rings. The fourth-order valence-corrected chi connectivity index (χ4v) is 2.67. The number of nitro benzene ring substituents is 1. The van der Waals surface area contributed by atoms with Gasteiger partial charge in [-0.25, -0.2) is 0 Å². The van der Waals surface area contributed by atoms with Crippen LogP contribution in [0, 0.1) is 10.1 Å². The Balaban J connectivity index is 2.92. The van der Waals surface area contributed by atoms with Gasteiger partial charge in [0.05, 0.1) is 17.1 Å². The largest absolute Gasteiger partial charge is 0.395 e. The summed E-state index contributed by atoms with van der Waals surface area (Å²) < 4.78 is 0.484. The molecule has 0 radical (unpaired) electrons. The molecule has 0 aliphatic carbocycles. The van der Waals surface area contributed by atoms with E-state index in [-0.39, 0.29) is 29.1 Å². The zero-order valence-corrected chi connectivity index (χ0v) is 13.4. The molecule has 0 aromatic heterocycles. The van der Waals surface area contributed by atoms with Crippen LogP contribution in [-0.4, -0.2) is 40.1 Å². The Hall–Kier alpha value is -1.12. The van der Waals surface area contributed by atoms with E-state index >= 15 is 0 Å². The second-order valence-corrected chi connectivity index (χ2v) is 6.07. The third-order valence-corrected chi connectivity index (χ3v) is 4.66. The Morgan fingerprint density at radius 1 is 1.60 bits per heavy atom. The van der Waals surface area contributed by atoms with Gasteiger partial charge in [-0.3, -0.25) is 14.9 Å². The predicted molar refractivity (Wildman–Crippen MR) is 82.1 cm³/mol. The number of aliphatic hydroxyl groups excluding tert-OH is 1. The van der Waals surface area contributed by atoms with Crippen molar-refractivity contribution in [1.29, 1.82) is 0 Å². The molecule has 0 aliphatic heterocycles. The number of aliphatic hydroxyl groups is 1. The molecule has 0 saturated heterocycles. The fraction of sp³-hybridized carbons (Fsp3) is 0.417. The maximum absolute atomic E-state index is 12.1. The number of hydrogen-bond acceptors (Lipinski definition) is 5.